The largest absolute Gasteiger partial charge is 0.493 e. The zero-order valence-corrected chi connectivity index (χ0v) is 13.3. The van der Waals surface area contributed by atoms with Crippen molar-refractivity contribution in [2.24, 2.45) is 5.73 Å². The molecule has 0 aliphatic carbocycles. The first-order valence-electron chi connectivity index (χ1n) is 8.39. The van der Waals surface area contributed by atoms with Crippen molar-refractivity contribution < 1.29 is 4.74 Å². The number of hydrogen-bond acceptors (Lipinski definition) is 2. The van der Waals surface area contributed by atoms with E-state index in [9.17, 15) is 0 Å². The van der Waals surface area contributed by atoms with Gasteiger partial charge in [-0.1, -0.05) is 74.2 Å². The third kappa shape index (κ3) is 5.53. The SMILES string of the molecule is NCCCCCCCCOc1ccccc1-c1ccccc1. The molecule has 0 heterocycles. The summed E-state index contributed by atoms with van der Waals surface area (Å²) in [6, 6.07) is 18.7. The topological polar surface area (TPSA) is 35.2 Å². The van der Waals surface area contributed by atoms with Crippen molar-refractivity contribution in [3.05, 3.63) is 54.6 Å². The zero-order valence-electron chi connectivity index (χ0n) is 13.3. The lowest BCUT2D eigenvalue weighted by Crippen LogP contribution is -1.99. The second kappa shape index (κ2) is 10.0. The fraction of sp³-hybridized carbons (Fsp3) is 0.400. The highest BCUT2D eigenvalue weighted by atomic mass is 16.5. The monoisotopic (exact) mass is 297 g/mol. The third-order valence-corrected chi connectivity index (χ3v) is 3.83. The van der Waals surface area contributed by atoms with Gasteiger partial charge in [-0.3, -0.25) is 0 Å². The zero-order chi connectivity index (χ0) is 15.5. The van der Waals surface area contributed by atoms with E-state index < -0.39 is 0 Å². The van der Waals surface area contributed by atoms with Gasteiger partial charge in [0.25, 0.3) is 0 Å². The van der Waals surface area contributed by atoms with Crippen molar-refractivity contribution in [1.29, 1.82) is 0 Å². The Morgan fingerprint density at radius 2 is 1.32 bits per heavy atom. The first-order chi connectivity index (χ1) is 10.9. The molecular weight excluding hydrogens is 270 g/mol. The second-order valence-electron chi connectivity index (χ2n) is 5.62. The van der Waals surface area contributed by atoms with Gasteiger partial charge in [0.05, 0.1) is 6.61 Å². The van der Waals surface area contributed by atoms with Crippen LogP contribution in [0.25, 0.3) is 11.1 Å². The molecule has 2 heteroatoms. The maximum absolute atomic E-state index is 6.00. The van der Waals surface area contributed by atoms with E-state index in [1.807, 2.05) is 12.1 Å². The van der Waals surface area contributed by atoms with Gasteiger partial charge >= 0.3 is 0 Å². The molecular formula is C20H27NO. The molecule has 0 amide bonds. The summed E-state index contributed by atoms with van der Waals surface area (Å²) in [7, 11) is 0. The summed E-state index contributed by atoms with van der Waals surface area (Å²) in [6.07, 6.45) is 7.33. The Bertz CT molecular complexity index is 524. The van der Waals surface area contributed by atoms with E-state index in [2.05, 4.69) is 42.5 Å². The minimum Gasteiger partial charge on any atom is -0.493 e. The maximum atomic E-state index is 6.00. The van der Waals surface area contributed by atoms with Crippen LogP contribution < -0.4 is 10.5 Å². The highest BCUT2D eigenvalue weighted by molar-refractivity contribution is 5.70. The number of para-hydroxylation sites is 1. The molecule has 22 heavy (non-hydrogen) atoms. The van der Waals surface area contributed by atoms with E-state index in [0.29, 0.717) is 0 Å². The van der Waals surface area contributed by atoms with E-state index >= 15 is 0 Å². The third-order valence-electron chi connectivity index (χ3n) is 3.83. The maximum Gasteiger partial charge on any atom is 0.127 e. The summed E-state index contributed by atoms with van der Waals surface area (Å²) >= 11 is 0. The van der Waals surface area contributed by atoms with Crippen LogP contribution in [0.5, 0.6) is 5.75 Å². The number of nitrogens with two attached hydrogens (primary N) is 1. The van der Waals surface area contributed by atoms with Gasteiger partial charge in [-0.15, -0.1) is 0 Å². The standard InChI is InChI=1S/C20H27NO/c21-16-10-3-1-2-4-11-17-22-20-15-9-8-14-19(20)18-12-6-5-7-13-18/h5-9,12-15H,1-4,10-11,16-17,21H2. The molecule has 0 saturated heterocycles. The molecule has 0 bridgehead atoms. The van der Waals surface area contributed by atoms with Crippen LogP contribution in [-0.4, -0.2) is 13.2 Å². The predicted octanol–water partition coefficient (Wildman–Crippen LogP) is 5.03. The van der Waals surface area contributed by atoms with Gasteiger partial charge in [-0.05, 0) is 31.0 Å². The molecule has 2 nitrogen and oxygen atoms in total. The van der Waals surface area contributed by atoms with Crippen LogP contribution in [0, 0.1) is 0 Å². The summed E-state index contributed by atoms with van der Waals surface area (Å²) in [4.78, 5) is 0. The molecule has 0 aromatic heterocycles. The van der Waals surface area contributed by atoms with Crippen LogP contribution in [0.1, 0.15) is 38.5 Å². The van der Waals surface area contributed by atoms with Crippen LogP contribution in [0.2, 0.25) is 0 Å². The Kier molecular flexibility index (Phi) is 7.54. The lowest BCUT2D eigenvalue weighted by atomic mass is 10.0. The van der Waals surface area contributed by atoms with E-state index in [-0.39, 0.29) is 0 Å². The lowest BCUT2D eigenvalue weighted by molar-refractivity contribution is 0.305. The van der Waals surface area contributed by atoms with E-state index in [1.165, 1.54) is 36.8 Å². The molecule has 0 aliphatic rings. The number of rotatable bonds is 10. The van der Waals surface area contributed by atoms with Crippen molar-refractivity contribution >= 4 is 0 Å². The van der Waals surface area contributed by atoms with E-state index in [4.69, 9.17) is 10.5 Å². The van der Waals surface area contributed by atoms with Crippen molar-refractivity contribution in [2.45, 2.75) is 38.5 Å². The normalized spacial score (nSPS) is 10.6. The molecule has 0 fully saturated rings. The fourth-order valence-electron chi connectivity index (χ4n) is 2.58. The molecule has 0 unspecified atom stereocenters. The van der Waals surface area contributed by atoms with Crippen LogP contribution in [0.15, 0.2) is 54.6 Å². The molecule has 0 aliphatic heterocycles. The summed E-state index contributed by atoms with van der Waals surface area (Å²) in [6.45, 7) is 1.61. The first kappa shape index (κ1) is 16.6. The molecule has 0 atom stereocenters. The van der Waals surface area contributed by atoms with Crippen LogP contribution >= 0.6 is 0 Å². The molecule has 0 radical (unpaired) electrons. The van der Waals surface area contributed by atoms with Crippen molar-refractivity contribution in [1.82, 2.24) is 0 Å². The van der Waals surface area contributed by atoms with Crippen LogP contribution in [0.4, 0.5) is 0 Å². The molecule has 2 aromatic carbocycles. The van der Waals surface area contributed by atoms with Crippen LogP contribution in [0.3, 0.4) is 0 Å². The first-order valence-corrected chi connectivity index (χ1v) is 8.39. The van der Waals surface area contributed by atoms with E-state index in [0.717, 1.165) is 31.7 Å². The molecule has 0 spiro atoms. The van der Waals surface area contributed by atoms with Gasteiger partial charge in [0.15, 0.2) is 0 Å². The van der Waals surface area contributed by atoms with Crippen molar-refractivity contribution in [3.63, 3.8) is 0 Å². The van der Waals surface area contributed by atoms with Gasteiger partial charge in [0.2, 0.25) is 0 Å². The number of ether oxygens (including phenoxy) is 1. The lowest BCUT2D eigenvalue weighted by Gasteiger charge is -2.11. The highest BCUT2D eigenvalue weighted by Gasteiger charge is 2.04. The Labute approximate surface area is 134 Å². The average molecular weight is 297 g/mol. The molecule has 2 aromatic rings. The summed E-state index contributed by atoms with van der Waals surface area (Å²) in [5, 5.41) is 0. The molecule has 0 saturated carbocycles. The van der Waals surface area contributed by atoms with Crippen LogP contribution in [-0.2, 0) is 0 Å². The summed E-state index contributed by atoms with van der Waals surface area (Å²) < 4.78 is 6.00. The predicted molar refractivity (Wildman–Crippen MR) is 94.1 cm³/mol. The average Bonchev–Trinajstić information content (AvgIpc) is 2.58. The van der Waals surface area contributed by atoms with Gasteiger partial charge in [-0.25, -0.2) is 0 Å². The fourth-order valence-corrected chi connectivity index (χ4v) is 2.58. The quantitative estimate of drug-likeness (QED) is 0.624. The van der Waals surface area contributed by atoms with Crippen molar-refractivity contribution in [2.75, 3.05) is 13.2 Å². The minimum absolute atomic E-state index is 0.792. The number of hydrogen-bond donors (Lipinski definition) is 1. The van der Waals surface area contributed by atoms with Crippen molar-refractivity contribution in [3.8, 4) is 16.9 Å². The molecule has 118 valence electrons. The van der Waals surface area contributed by atoms with Gasteiger partial charge < -0.3 is 10.5 Å². The minimum atomic E-state index is 0.792. The molecule has 2 rings (SSSR count). The van der Waals surface area contributed by atoms with E-state index in [1.54, 1.807) is 0 Å². The highest BCUT2D eigenvalue weighted by Crippen LogP contribution is 2.29. The number of benzene rings is 2. The Morgan fingerprint density at radius 1 is 0.682 bits per heavy atom. The van der Waals surface area contributed by atoms with Gasteiger partial charge in [0.1, 0.15) is 5.75 Å². The second-order valence-corrected chi connectivity index (χ2v) is 5.62. The summed E-state index contributed by atoms with van der Waals surface area (Å²) in [5.74, 6) is 0.983. The Morgan fingerprint density at radius 3 is 2.09 bits per heavy atom. The van der Waals surface area contributed by atoms with Gasteiger partial charge in [0, 0.05) is 5.56 Å². The Balaban J connectivity index is 1.77. The Hall–Kier alpha value is -1.80. The smallest absolute Gasteiger partial charge is 0.127 e. The number of unbranched alkanes of at least 4 members (excludes halogenated alkanes) is 5. The summed E-state index contributed by atoms with van der Waals surface area (Å²) in [5.41, 5.74) is 7.88. The molecule has 2 N–H and O–H groups in total. The van der Waals surface area contributed by atoms with Gasteiger partial charge in [-0.2, -0.15) is 0 Å².